The van der Waals surface area contributed by atoms with E-state index < -0.39 is 16.4 Å². The summed E-state index contributed by atoms with van der Waals surface area (Å²) in [5.41, 5.74) is 4.06. The molecule has 0 saturated carbocycles. The maximum Gasteiger partial charge on any atom is 0.394 e. The van der Waals surface area contributed by atoms with Crippen molar-refractivity contribution >= 4 is 16.4 Å². The van der Waals surface area contributed by atoms with Crippen LogP contribution in [0.15, 0.2) is 59.8 Å². The van der Waals surface area contributed by atoms with Crippen LogP contribution in [-0.2, 0) is 19.9 Å². The molecule has 0 spiro atoms. The number of rotatable bonds is 9. The average Bonchev–Trinajstić information content (AvgIpc) is 2.53. The number of hydrogen-bond acceptors (Lipinski definition) is 7. The van der Waals surface area contributed by atoms with Gasteiger partial charge in [0.15, 0.2) is 0 Å². The Hall–Kier alpha value is -2.12. The molecule has 0 unspecified atom stereocenters. The summed E-state index contributed by atoms with van der Waals surface area (Å²) in [4.78, 5) is 9.25. The van der Waals surface area contributed by atoms with Crippen LogP contribution >= 0.6 is 0 Å². The third-order valence-electron chi connectivity index (χ3n) is 2.73. The summed E-state index contributed by atoms with van der Waals surface area (Å²) in [6.45, 7) is 15.0. The standard InChI is InChI=1S/C17H28O.C3H4O2.3H3N.H2O4S/c1-6-18-14-13-17(5)12-8-11-16(4)10-7-9-15(2)3;1-2-3(4)5;;;;1-5(2,3)4/h8-9,11-13H,6-7,10,14H2,1-5H3;2H,1H2,(H,4,5);3*1H3;(H2,1,2,3,4). The quantitative estimate of drug-likeness (QED) is 0.0837. The first-order valence-corrected chi connectivity index (χ1v) is 10.00. The molecule has 12 N–H and O–H groups in total. The van der Waals surface area contributed by atoms with Crippen LogP contribution in [0.2, 0.25) is 0 Å². The molecule has 0 radical (unpaired) electrons. The number of ether oxygens (including phenoxy) is 1. The van der Waals surface area contributed by atoms with E-state index in [1.807, 2.05) is 6.92 Å². The van der Waals surface area contributed by atoms with Gasteiger partial charge in [-0.25, -0.2) is 4.79 Å². The summed E-state index contributed by atoms with van der Waals surface area (Å²) in [6.07, 6.45) is 13.9. The van der Waals surface area contributed by atoms with Crippen LogP contribution in [-0.4, -0.2) is 41.8 Å². The van der Waals surface area contributed by atoms with Gasteiger partial charge in [0.05, 0.1) is 6.61 Å². The third kappa shape index (κ3) is 65.5. The highest BCUT2D eigenvalue weighted by Gasteiger charge is 1.87. The van der Waals surface area contributed by atoms with Crippen molar-refractivity contribution < 1.29 is 32.2 Å². The lowest BCUT2D eigenvalue weighted by Crippen LogP contribution is -1.89. The normalized spacial score (nSPS) is 10.5. The summed E-state index contributed by atoms with van der Waals surface area (Å²) in [6, 6.07) is 0. The van der Waals surface area contributed by atoms with E-state index in [9.17, 15) is 4.79 Å². The topological polar surface area (TPSA) is 226 Å². The number of carboxylic acids is 1. The zero-order valence-electron chi connectivity index (χ0n) is 19.5. The number of carbonyl (C=O) groups is 1. The monoisotopic (exact) mass is 469 g/mol. The fourth-order valence-corrected chi connectivity index (χ4v) is 1.41. The average molecular weight is 470 g/mol. The summed E-state index contributed by atoms with van der Waals surface area (Å²) >= 11 is 0. The molecule has 186 valence electrons. The van der Waals surface area contributed by atoms with Crippen LogP contribution in [0.1, 0.15) is 47.5 Å². The van der Waals surface area contributed by atoms with E-state index >= 15 is 0 Å². The molecule has 0 saturated heterocycles. The number of hydrogen-bond donors (Lipinski definition) is 6. The lowest BCUT2D eigenvalue weighted by Gasteiger charge is -1.97. The lowest BCUT2D eigenvalue weighted by atomic mass is 10.1. The van der Waals surface area contributed by atoms with Gasteiger partial charge in [-0.3, -0.25) is 9.11 Å². The second-order valence-electron chi connectivity index (χ2n) is 5.79. The smallest absolute Gasteiger partial charge is 0.394 e. The van der Waals surface area contributed by atoms with Crippen LogP contribution in [0.25, 0.3) is 0 Å². The van der Waals surface area contributed by atoms with Crippen molar-refractivity contribution in [2.24, 2.45) is 0 Å². The molecular weight excluding hydrogens is 426 g/mol. The third-order valence-corrected chi connectivity index (χ3v) is 2.73. The predicted molar refractivity (Wildman–Crippen MR) is 129 cm³/mol. The molecule has 11 heteroatoms. The summed E-state index contributed by atoms with van der Waals surface area (Å²) in [5, 5.41) is 7.60. The summed E-state index contributed by atoms with van der Waals surface area (Å²) in [5.74, 6) is -0.981. The van der Waals surface area contributed by atoms with Crippen LogP contribution in [0.4, 0.5) is 0 Å². The molecule has 0 atom stereocenters. The molecule has 0 bridgehead atoms. The number of aliphatic carboxylic acids is 1. The SMILES string of the molecule is C=CC(=O)O.CCOCC=C(C)C=CC=C(C)CCC=C(C)C.N.N.N.O=S(=O)(O)O. The van der Waals surface area contributed by atoms with Gasteiger partial charge < -0.3 is 28.3 Å². The minimum Gasteiger partial charge on any atom is -0.478 e. The van der Waals surface area contributed by atoms with Crippen LogP contribution in [0.3, 0.4) is 0 Å². The summed E-state index contributed by atoms with van der Waals surface area (Å²) < 4.78 is 36.9. The highest BCUT2D eigenvalue weighted by molar-refractivity contribution is 7.79. The fourth-order valence-electron chi connectivity index (χ4n) is 1.41. The molecule has 0 aliphatic carbocycles. The molecule has 0 aromatic carbocycles. The van der Waals surface area contributed by atoms with Gasteiger partial charge in [0.2, 0.25) is 0 Å². The first-order valence-electron chi connectivity index (χ1n) is 8.60. The van der Waals surface area contributed by atoms with Crippen molar-refractivity contribution in [1.29, 1.82) is 0 Å². The van der Waals surface area contributed by atoms with Crippen molar-refractivity contribution in [2.45, 2.75) is 47.5 Å². The van der Waals surface area contributed by atoms with Gasteiger partial charge in [-0.1, -0.05) is 53.7 Å². The largest absolute Gasteiger partial charge is 0.478 e. The van der Waals surface area contributed by atoms with Gasteiger partial charge in [-0.2, -0.15) is 8.42 Å². The Morgan fingerprint density at radius 1 is 1.03 bits per heavy atom. The van der Waals surface area contributed by atoms with Crippen molar-refractivity contribution in [2.75, 3.05) is 13.2 Å². The Balaban J connectivity index is -0.000000101. The van der Waals surface area contributed by atoms with Crippen molar-refractivity contribution in [3.05, 3.63) is 59.8 Å². The van der Waals surface area contributed by atoms with Crippen LogP contribution in [0, 0.1) is 0 Å². The maximum absolute atomic E-state index is 9.25. The predicted octanol–water partition coefficient (Wildman–Crippen LogP) is 5.31. The fraction of sp³-hybridized carbons (Fsp3) is 0.450. The van der Waals surface area contributed by atoms with Crippen LogP contribution in [0.5, 0.6) is 0 Å². The van der Waals surface area contributed by atoms with Crippen molar-refractivity contribution in [3.8, 4) is 0 Å². The van der Waals surface area contributed by atoms with E-state index in [-0.39, 0.29) is 18.5 Å². The Morgan fingerprint density at radius 2 is 1.48 bits per heavy atom. The van der Waals surface area contributed by atoms with E-state index in [2.05, 4.69) is 64.7 Å². The first-order chi connectivity index (χ1) is 12.8. The van der Waals surface area contributed by atoms with Crippen LogP contribution < -0.4 is 18.5 Å². The van der Waals surface area contributed by atoms with Crippen molar-refractivity contribution in [1.82, 2.24) is 18.5 Å². The van der Waals surface area contributed by atoms with E-state index in [1.54, 1.807) is 0 Å². The van der Waals surface area contributed by atoms with Gasteiger partial charge in [-0.05, 0) is 47.5 Å². The second kappa shape index (κ2) is 27.9. The Bertz CT molecular complexity index is 656. The molecule has 0 aliphatic rings. The van der Waals surface area contributed by atoms with Gasteiger partial charge in [0.1, 0.15) is 0 Å². The molecule has 0 heterocycles. The number of carboxylic acid groups (broad SMARTS) is 1. The Morgan fingerprint density at radius 3 is 1.84 bits per heavy atom. The van der Waals surface area contributed by atoms with Crippen molar-refractivity contribution in [3.63, 3.8) is 0 Å². The highest BCUT2D eigenvalue weighted by Crippen LogP contribution is 2.07. The maximum atomic E-state index is 9.25. The van der Waals surface area contributed by atoms with Gasteiger partial charge >= 0.3 is 16.4 Å². The van der Waals surface area contributed by atoms with E-state index in [1.165, 1.54) is 16.7 Å². The Kier molecular flexibility index (Phi) is 38.6. The molecule has 0 aliphatic heterocycles. The zero-order chi connectivity index (χ0) is 22.6. The molecule has 0 rings (SSSR count). The molecule has 0 amide bonds. The van der Waals surface area contributed by atoms with Gasteiger partial charge in [0.25, 0.3) is 0 Å². The first kappa shape index (κ1) is 42.9. The minimum atomic E-state index is -4.67. The molecule has 10 nitrogen and oxygen atoms in total. The molecule has 0 aromatic heterocycles. The van der Waals surface area contributed by atoms with Gasteiger partial charge in [0, 0.05) is 12.7 Å². The molecule has 0 aromatic rings. The zero-order valence-corrected chi connectivity index (χ0v) is 20.3. The van der Waals surface area contributed by atoms with E-state index in [0.29, 0.717) is 6.61 Å². The highest BCUT2D eigenvalue weighted by atomic mass is 32.3. The molecule has 31 heavy (non-hydrogen) atoms. The summed E-state index contributed by atoms with van der Waals surface area (Å²) in [7, 11) is -4.67. The van der Waals surface area contributed by atoms with Gasteiger partial charge in [-0.15, -0.1) is 0 Å². The van der Waals surface area contributed by atoms with E-state index in [0.717, 1.165) is 25.5 Å². The second-order valence-corrected chi connectivity index (χ2v) is 6.69. The van der Waals surface area contributed by atoms with E-state index in [4.69, 9.17) is 27.4 Å². The Labute approximate surface area is 187 Å². The minimum absolute atomic E-state index is 0. The number of allylic oxidation sites excluding steroid dienone is 7. The molecular formula is C20H43N3O7S. The molecule has 0 fully saturated rings. The lowest BCUT2D eigenvalue weighted by molar-refractivity contribution is -0.131.